The van der Waals surface area contributed by atoms with Crippen molar-refractivity contribution in [2.24, 2.45) is 5.92 Å². The molecule has 2 aromatic rings. The SMILES string of the molecule is CCNC(=O)COc1ccc(NC(=O)[C@@H](NC(=O)OCc2ccccc2)C(C)C)cc1. The van der Waals surface area contributed by atoms with Crippen molar-refractivity contribution in [3.8, 4) is 5.75 Å². The highest BCUT2D eigenvalue weighted by atomic mass is 16.5. The van der Waals surface area contributed by atoms with E-state index in [9.17, 15) is 14.4 Å². The summed E-state index contributed by atoms with van der Waals surface area (Å²) in [6, 6.07) is 15.2. The first-order valence-electron chi connectivity index (χ1n) is 10.2. The predicted octanol–water partition coefficient (Wildman–Crippen LogP) is 3.09. The molecule has 0 radical (unpaired) electrons. The van der Waals surface area contributed by atoms with Gasteiger partial charge in [-0.1, -0.05) is 44.2 Å². The summed E-state index contributed by atoms with van der Waals surface area (Å²) in [5, 5.41) is 8.04. The maximum Gasteiger partial charge on any atom is 0.408 e. The van der Waals surface area contributed by atoms with E-state index in [1.165, 1.54) is 0 Å². The van der Waals surface area contributed by atoms with E-state index in [-0.39, 0.29) is 30.9 Å². The van der Waals surface area contributed by atoms with E-state index >= 15 is 0 Å². The van der Waals surface area contributed by atoms with Crippen LogP contribution in [0.1, 0.15) is 26.3 Å². The number of alkyl carbamates (subject to hydrolysis) is 1. The van der Waals surface area contributed by atoms with Crippen LogP contribution < -0.4 is 20.7 Å². The second-order valence-electron chi connectivity index (χ2n) is 7.18. The minimum Gasteiger partial charge on any atom is -0.484 e. The van der Waals surface area contributed by atoms with Gasteiger partial charge in [0, 0.05) is 12.2 Å². The van der Waals surface area contributed by atoms with Crippen molar-refractivity contribution in [2.75, 3.05) is 18.5 Å². The highest BCUT2D eigenvalue weighted by Crippen LogP contribution is 2.16. The molecule has 166 valence electrons. The Labute approximate surface area is 182 Å². The second-order valence-corrected chi connectivity index (χ2v) is 7.18. The van der Waals surface area contributed by atoms with Crippen LogP contribution in [0.2, 0.25) is 0 Å². The summed E-state index contributed by atoms with van der Waals surface area (Å²) < 4.78 is 10.6. The highest BCUT2D eigenvalue weighted by Gasteiger charge is 2.25. The number of amides is 3. The number of hydrogen-bond donors (Lipinski definition) is 3. The summed E-state index contributed by atoms with van der Waals surface area (Å²) in [5.41, 5.74) is 1.40. The fourth-order valence-electron chi connectivity index (χ4n) is 2.68. The number of carbonyl (C=O) groups excluding carboxylic acids is 3. The quantitative estimate of drug-likeness (QED) is 0.540. The molecule has 0 bridgehead atoms. The highest BCUT2D eigenvalue weighted by molar-refractivity contribution is 5.96. The second kappa shape index (κ2) is 12.2. The molecule has 0 unspecified atom stereocenters. The van der Waals surface area contributed by atoms with Crippen LogP contribution in [0.15, 0.2) is 54.6 Å². The van der Waals surface area contributed by atoms with Crippen molar-refractivity contribution in [1.82, 2.24) is 10.6 Å². The number of carbonyl (C=O) groups is 3. The van der Waals surface area contributed by atoms with Crippen LogP contribution in [0.5, 0.6) is 5.75 Å². The third-order valence-corrected chi connectivity index (χ3v) is 4.30. The van der Waals surface area contributed by atoms with Gasteiger partial charge in [-0.15, -0.1) is 0 Å². The van der Waals surface area contributed by atoms with Crippen molar-refractivity contribution in [3.63, 3.8) is 0 Å². The van der Waals surface area contributed by atoms with Gasteiger partial charge in [0.15, 0.2) is 6.61 Å². The van der Waals surface area contributed by atoms with Crippen molar-refractivity contribution < 1.29 is 23.9 Å². The maximum atomic E-state index is 12.7. The van der Waals surface area contributed by atoms with Crippen molar-refractivity contribution in [3.05, 3.63) is 60.2 Å². The van der Waals surface area contributed by atoms with Gasteiger partial charge in [-0.25, -0.2) is 4.79 Å². The lowest BCUT2D eigenvalue weighted by Gasteiger charge is -2.21. The Hall–Kier alpha value is -3.55. The lowest BCUT2D eigenvalue weighted by atomic mass is 10.0. The van der Waals surface area contributed by atoms with E-state index in [1.807, 2.05) is 51.1 Å². The molecule has 0 saturated heterocycles. The van der Waals surface area contributed by atoms with Gasteiger partial charge in [-0.05, 0) is 42.7 Å². The van der Waals surface area contributed by atoms with Crippen LogP contribution in [-0.2, 0) is 20.9 Å². The molecule has 0 saturated carbocycles. The number of likely N-dealkylation sites (N-methyl/N-ethyl adjacent to an activating group) is 1. The topological polar surface area (TPSA) is 106 Å². The third kappa shape index (κ3) is 8.38. The van der Waals surface area contributed by atoms with E-state index in [4.69, 9.17) is 9.47 Å². The molecular formula is C23H29N3O5. The average Bonchev–Trinajstić information content (AvgIpc) is 2.76. The lowest BCUT2D eigenvalue weighted by molar-refractivity contribution is -0.123. The summed E-state index contributed by atoms with van der Waals surface area (Å²) in [5.74, 6) is -0.205. The van der Waals surface area contributed by atoms with Gasteiger partial charge in [0.25, 0.3) is 5.91 Å². The van der Waals surface area contributed by atoms with E-state index < -0.39 is 12.1 Å². The summed E-state index contributed by atoms with van der Waals surface area (Å²) >= 11 is 0. The predicted molar refractivity (Wildman–Crippen MR) is 118 cm³/mol. The molecule has 0 aliphatic heterocycles. The summed E-state index contributed by atoms with van der Waals surface area (Å²) in [6.07, 6.45) is -0.660. The molecule has 2 rings (SSSR count). The standard InChI is InChI=1S/C23H29N3O5/c1-4-24-20(27)15-30-19-12-10-18(11-13-19)25-22(28)21(16(2)3)26-23(29)31-14-17-8-6-5-7-9-17/h5-13,16,21H,4,14-15H2,1-3H3,(H,24,27)(H,25,28)(H,26,29)/t21-/m0/s1. The zero-order valence-corrected chi connectivity index (χ0v) is 18.0. The summed E-state index contributed by atoms with van der Waals surface area (Å²) in [7, 11) is 0. The van der Waals surface area contributed by atoms with Crippen LogP contribution in [0.3, 0.4) is 0 Å². The average molecular weight is 428 g/mol. The Morgan fingerprint density at radius 1 is 0.968 bits per heavy atom. The molecule has 31 heavy (non-hydrogen) atoms. The molecule has 2 aromatic carbocycles. The van der Waals surface area contributed by atoms with Crippen LogP contribution in [0, 0.1) is 5.92 Å². The smallest absolute Gasteiger partial charge is 0.408 e. The largest absolute Gasteiger partial charge is 0.484 e. The van der Waals surface area contributed by atoms with E-state index in [0.29, 0.717) is 18.0 Å². The number of benzene rings is 2. The fraction of sp³-hybridized carbons (Fsp3) is 0.348. The minimum absolute atomic E-state index is 0.0794. The first kappa shape index (κ1) is 23.7. The maximum absolute atomic E-state index is 12.7. The number of nitrogens with one attached hydrogen (secondary N) is 3. The normalized spacial score (nSPS) is 11.4. The molecule has 8 nitrogen and oxygen atoms in total. The zero-order chi connectivity index (χ0) is 22.6. The molecular weight excluding hydrogens is 398 g/mol. The monoisotopic (exact) mass is 427 g/mol. The van der Waals surface area contributed by atoms with Crippen molar-refractivity contribution >= 4 is 23.6 Å². The Balaban J connectivity index is 1.86. The Morgan fingerprint density at radius 3 is 2.26 bits per heavy atom. The first-order valence-corrected chi connectivity index (χ1v) is 10.2. The van der Waals surface area contributed by atoms with Crippen molar-refractivity contribution in [1.29, 1.82) is 0 Å². The Bertz CT molecular complexity index is 853. The van der Waals surface area contributed by atoms with Crippen LogP contribution >= 0.6 is 0 Å². The Kier molecular flexibility index (Phi) is 9.35. The number of anilines is 1. The van der Waals surface area contributed by atoms with E-state index in [1.54, 1.807) is 24.3 Å². The molecule has 0 aliphatic carbocycles. The molecule has 0 fully saturated rings. The third-order valence-electron chi connectivity index (χ3n) is 4.30. The van der Waals surface area contributed by atoms with Crippen LogP contribution in [0.25, 0.3) is 0 Å². The first-order chi connectivity index (χ1) is 14.9. The van der Waals surface area contributed by atoms with Gasteiger partial charge < -0.3 is 25.4 Å². The van der Waals surface area contributed by atoms with Crippen molar-refractivity contribution in [2.45, 2.75) is 33.4 Å². The van der Waals surface area contributed by atoms with Gasteiger partial charge in [0.1, 0.15) is 18.4 Å². The molecule has 0 heterocycles. The van der Waals surface area contributed by atoms with Gasteiger partial charge in [-0.2, -0.15) is 0 Å². The summed E-state index contributed by atoms with van der Waals surface area (Å²) in [6.45, 7) is 6.08. The molecule has 0 aliphatic rings. The molecule has 1 atom stereocenters. The lowest BCUT2D eigenvalue weighted by Crippen LogP contribution is -2.47. The fourth-order valence-corrected chi connectivity index (χ4v) is 2.68. The Morgan fingerprint density at radius 2 is 1.65 bits per heavy atom. The molecule has 0 aromatic heterocycles. The zero-order valence-electron chi connectivity index (χ0n) is 18.0. The molecule has 0 spiro atoms. The number of ether oxygens (including phenoxy) is 2. The molecule has 8 heteroatoms. The minimum atomic E-state index is -0.767. The van der Waals surface area contributed by atoms with Crippen LogP contribution in [0.4, 0.5) is 10.5 Å². The number of hydrogen-bond acceptors (Lipinski definition) is 5. The summed E-state index contributed by atoms with van der Waals surface area (Å²) in [4.78, 5) is 36.3. The van der Waals surface area contributed by atoms with E-state index in [2.05, 4.69) is 16.0 Å². The van der Waals surface area contributed by atoms with Gasteiger partial charge in [0.05, 0.1) is 0 Å². The number of rotatable bonds is 10. The van der Waals surface area contributed by atoms with Gasteiger partial charge in [0.2, 0.25) is 5.91 Å². The molecule has 3 N–H and O–H groups in total. The van der Waals surface area contributed by atoms with Gasteiger partial charge >= 0.3 is 6.09 Å². The van der Waals surface area contributed by atoms with E-state index in [0.717, 1.165) is 5.56 Å². The molecule has 3 amide bonds. The van der Waals surface area contributed by atoms with Crippen LogP contribution in [-0.4, -0.2) is 37.1 Å². The van der Waals surface area contributed by atoms with Gasteiger partial charge in [-0.3, -0.25) is 9.59 Å².